The van der Waals surface area contributed by atoms with Gasteiger partial charge in [0.05, 0.1) is 14.1 Å². The van der Waals surface area contributed by atoms with Gasteiger partial charge >= 0.3 is 9.24 Å². The summed E-state index contributed by atoms with van der Waals surface area (Å²) in [6, 6.07) is 0. The van der Waals surface area contributed by atoms with E-state index >= 15 is 0 Å². The molecule has 0 atom stereocenters. The van der Waals surface area contributed by atoms with Gasteiger partial charge in [0.15, 0.2) is 0 Å². The standard InChI is InChI=1S/C2H2ClNO2S/c1-4(2)7(3,5)6/h1-2H. The van der Waals surface area contributed by atoms with Crippen LogP contribution >= 0.6 is 10.7 Å². The van der Waals surface area contributed by atoms with E-state index in [9.17, 15) is 8.42 Å². The lowest BCUT2D eigenvalue weighted by atomic mass is 11.3. The predicted molar refractivity (Wildman–Crippen MR) is 25.2 cm³/mol. The second-order valence-electron chi connectivity index (χ2n) is 0.772. The Bertz CT molecular complexity index is 138. The normalized spacial score (nSPS) is 12.6. The van der Waals surface area contributed by atoms with Gasteiger partial charge in [-0.2, -0.15) is 12.7 Å². The van der Waals surface area contributed by atoms with E-state index in [0.717, 1.165) is 0 Å². The quantitative estimate of drug-likeness (QED) is 0.382. The fraction of sp³-hybridized carbons (Fsp3) is 0. The number of halogens is 1. The molecule has 0 unspecified atom stereocenters. The molecule has 0 saturated heterocycles. The van der Waals surface area contributed by atoms with Crippen molar-refractivity contribution in [1.29, 1.82) is 0 Å². The number of hydrogen-bond acceptors (Lipinski definition) is 2. The van der Waals surface area contributed by atoms with E-state index in [1.807, 2.05) is 0 Å². The third-order valence-electron chi connectivity index (χ3n) is 0.252. The van der Waals surface area contributed by atoms with Crippen LogP contribution in [0, 0.1) is 14.1 Å². The fourth-order valence-corrected chi connectivity index (χ4v) is 0. The van der Waals surface area contributed by atoms with Gasteiger partial charge in [0.25, 0.3) is 0 Å². The predicted octanol–water partition coefficient (Wildman–Crippen LogP) is 0.109. The van der Waals surface area contributed by atoms with Crippen LogP contribution in [0.15, 0.2) is 0 Å². The molecule has 0 heterocycles. The van der Waals surface area contributed by atoms with Crippen molar-refractivity contribution in [3.05, 3.63) is 14.1 Å². The molecule has 0 rings (SSSR count). The van der Waals surface area contributed by atoms with Crippen LogP contribution in [0.25, 0.3) is 0 Å². The van der Waals surface area contributed by atoms with Crippen LogP contribution < -0.4 is 0 Å². The number of nitrogens with zero attached hydrogens (tertiary/aromatic N) is 1. The second kappa shape index (κ2) is 1.98. The molecule has 0 amide bonds. The van der Waals surface area contributed by atoms with Crippen molar-refractivity contribution in [3.63, 3.8) is 0 Å². The monoisotopic (exact) mass is 139 g/mol. The van der Waals surface area contributed by atoms with E-state index in [2.05, 4.69) is 24.8 Å². The lowest BCUT2D eigenvalue weighted by Crippen LogP contribution is -2.09. The molecule has 40 valence electrons. The van der Waals surface area contributed by atoms with E-state index in [-0.39, 0.29) is 4.31 Å². The lowest BCUT2D eigenvalue weighted by Gasteiger charge is -1.98. The van der Waals surface area contributed by atoms with Crippen molar-refractivity contribution in [2.75, 3.05) is 0 Å². The zero-order valence-electron chi connectivity index (χ0n) is 3.20. The zero-order chi connectivity index (χ0) is 6.08. The maximum absolute atomic E-state index is 9.77. The number of hydrogen-bond donors (Lipinski definition) is 0. The molecule has 0 aliphatic carbocycles. The van der Waals surface area contributed by atoms with Crippen LogP contribution in [0.2, 0.25) is 0 Å². The molecule has 0 aliphatic rings. The van der Waals surface area contributed by atoms with Gasteiger partial charge < -0.3 is 0 Å². The fourth-order valence-electron chi connectivity index (χ4n) is 0. The highest BCUT2D eigenvalue weighted by molar-refractivity contribution is 8.11. The van der Waals surface area contributed by atoms with Crippen LogP contribution in [0.4, 0.5) is 0 Å². The molecule has 5 heteroatoms. The van der Waals surface area contributed by atoms with Gasteiger partial charge in [-0.25, -0.2) is 0 Å². The lowest BCUT2D eigenvalue weighted by molar-refractivity contribution is 0.566. The van der Waals surface area contributed by atoms with Crippen molar-refractivity contribution in [1.82, 2.24) is 4.31 Å². The van der Waals surface area contributed by atoms with Crippen LogP contribution in [-0.2, 0) is 9.24 Å². The van der Waals surface area contributed by atoms with E-state index in [1.54, 1.807) is 0 Å². The molecule has 3 nitrogen and oxygen atoms in total. The summed E-state index contributed by atoms with van der Waals surface area (Å²) < 4.78 is 19.5. The van der Waals surface area contributed by atoms with Gasteiger partial charge in [-0.3, -0.25) is 0 Å². The van der Waals surface area contributed by atoms with E-state index in [0.29, 0.717) is 0 Å². The minimum Gasteiger partial charge on any atom is -0.195 e. The van der Waals surface area contributed by atoms with Crippen LogP contribution in [0.1, 0.15) is 0 Å². The van der Waals surface area contributed by atoms with Crippen LogP contribution in [0.5, 0.6) is 0 Å². The van der Waals surface area contributed by atoms with Crippen LogP contribution in [-0.4, -0.2) is 12.7 Å². The summed E-state index contributed by atoms with van der Waals surface area (Å²) in [6.07, 6.45) is 0. The molecule has 7 heavy (non-hydrogen) atoms. The summed E-state index contributed by atoms with van der Waals surface area (Å²) in [4.78, 5) is 0. The first-order valence-corrected chi connectivity index (χ1v) is 3.45. The highest BCUT2D eigenvalue weighted by Gasteiger charge is 2.06. The van der Waals surface area contributed by atoms with E-state index < -0.39 is 9.24 Å². The first kappa shape index (κ1) is 7.20. The molecule has 0 bridgehead atoms. The largest absolute Gasteiger partial charge is 0.300 e. The van der Waals surface area contributed by atoms with Crippen molar-refractivity contribution >= 4 is 19.9 Å². The summed E-state index contributed by atoms with van der Waals surface area (Å²) in [5.41, 5.74) is 0. The van der Waals surface area contributed by atoms with E-state index in [4.69, 9.17) is 0 Å². The Hall–Kier alpha value is 0.200. The van der Waals surface area contributed by atoms with E-state index in [1.165, 1.54) is 0 Å². The van der Waals surface area contributed by atoms with Crippen molar-refractivity contribution < 1.29 is 8.42 Å². The molecule has 0 N–H and O–H groups in total. The SMILES string of the molecule is [CH]N([CH])S(=O)(=O)Cl. The molecule has 0 saturated carbocycles. The maximum atomic E-state index is 9.77. The zero-order valence-corrected chi connectivity index (χ0v) is 4.78. The Labute approximate surface area is 47.4 Å². The van der Waals surface area contributed by atoms with Crippen molar-refractivity contribution in [3.8, 4) is 0 Å². The van der Waals surface area contributed by atoms with Crippen LogP contribution in [0.3, 0.4) is 0 Å². The van der Waals surface area contributed by atoms with Crippen molar-refractivity contribution in [2.24, 2.45) is 0 Å². The molecule has 0 aromatic heterocycles. The topological polar surface area (TPSA) is 37.4 Å². The Morgan fingerprint density at radius 2 is 1.57 bits per heavy atom. The Kier molecular flexibility index (Phi) is 2.04. The smallest absolute Gasteiger partial charge is 0.195 e. The third-order valence-corrected chi connectivity index (χ3v) is 1.23. The molecule has 0 aromatic carbocycles. The minimum atomic E-state index is -3.88. The highest BCUT2D eigenvalue weighted by Crippen LogP contribution is 1.99. The van der Waals surface area contributed by atoms with Gasteiger partial charge in [-0.15, -0.1) is 0 Å². The summed E-state index contributed by atoms with van der Waals surface area (Å²) in [5, 5.41) is 0. The van der Waals surface area contributed by atoms with Gasteiger partial charge in [0.1, 0.15) is 0 Å². The average molecular weight is 140 g/mol. The molecule has 0 aliphatic heterocycles. The highest BCUT2D eigenvalue weighted by atomic mass is 35.7. The molecular weight excluding hydrogens is 138 g/mol. The molecule has 0 aromatic rings. The first-order chi connectivity index (χ1) is 2.94. The average Bonchev–Trinajstić information content (AvgIpc) is 1.31. The second-order valence-corrected chi connectivity index (χ2v) is 3.19. The molecule has 0 spiro atoms. The Morgan fingerprint density at radius 3 is 1.57 bits per heavy atom. The third kappa shape index (κ3) is 2.85. The molecule has 0 fully saturated rings. The molecule has 4 radical (unpaired) electrons. The van der Waals surface area contributed by atoms with Gasteiger partial charge in [-0.1, -0.05) is 0 Å². The molecular formula is C2H2ClNO2S. The number of rotatable bonds is 1. The van der Waals surface area contributed by atoms with Gasteiger partial charge in [0, 0.05) is 10.7 Å². The summed E-state index contributed by atoms with van der Waals surface area (Å²) in [5.74, 6) is 0. The maximum Gasteiger partial charge on any atom is 0.300 e. The summed E-state index contributed by atoms with van der Waals surface area (Å²) in [6.45, 7) is 0. The summed E-state index contributed by atoms with van der Waals surface area (Å²) in [7, 11) is 9.56. The first-order valence-electron chi connectivity index (χ1n) is 1.19. The summed E-state index contributed by atoms with van der Waals surface area (Å²) >= 11 is 0. The van der Waals surface area contributed by atoms with Crippen molar-refractivity contribution in [2.45, 2.75) is 0 Å². The Morgan fingerprint density at radius 1 is 1.43 bits per heavy atom. The minimum absolute atomic E-state index is 0.0748. The van der Waals surface area contributed by atoms with Gasteiger partial charge in [0.2, 0.25) is 0 Å². The van der Waals surface area contributed by atoms with Gasteiger partial charge in [-0.05, 0) is 0 Å². The Balaban J connectivity index is 4.10.